The summed E-state index contributed by atoms with van der Waals surface area (Å²) >= 11 is 12.7. The number of benzene rings is 1. The van der Waals surface area contributed by atoms with E-state index in [1.807, 2.05) is 18.3 Å². The zero-order chi connectivity index (χ0) is 16.1. The van der Waals surface area contributed by atoms with Crippen LogP contribution in [0, 0.1) is 0 Å². The summed E-state index contributed by atoms with van der Waals surface area (Å²) in [5.41, 5.74) is 4.16. The van der Waals surface area contributed by atoms with E-state index in [0.29, 0.717) is 16.6 Å². The highest BCUT2D eigenvalue weighted by atomic mass is 35.5. The molecule has 0 bridgehead atoms. The van der Waals surface area contributed by atoms with Gasteiger partial charge in [0, 0.05) is 48.3 Å². The average Bonchev–Trinajstić information content (AvgIpc) is 3.17. The first-order valence-electron chi connectivity index (χ1n) is 7.31. The highest BCUT2D eigenvalue weighted by Gasteiger charge is 2.30. The number of nitrogens with one attached hydrogen (secondary N) is 2. The van der Waals surface area contributed by atoms with Crippen LogP contribution in [0.5, 0.6) is 0 Å². The molecule has 3 aromatic rings. The predicted molar refractivity (Wildman–Crippen MR) is 90.8 cm³/mol. The Morgan fingerprint density at radius 3 is 2.96 bits per heavy atom. The molecule has 1 aliphatic heterocycles. The van der Waals surface area contributed by atoms with E-state index in [1.54, 1.807) is 6.20 Å². The molecule has 118 valence electrons. The number of aromatic nitrogens is 3. The van der Waals surface area contributed by atoms with Crippen LogP contribution in [0.4, 0.5) is 0 Å². The van der Waals surface area contributed by atoms with Crippen molar-refractivity contribution in [2.45, 2.75) is 25.9 Å². The van der Waals surface area contributed by atoms with Crippen molar-refractivity contribution in [2.24, 2.45) is 0 Å². The van der Waals surface area contributed by atoms with Gasteiger partial charge in [0.25, 0.3) is 0 Å². The number of fused-ring (bicyclic) bond motifs is 3. The molecule has 1 aliphatic rings. The van der Waals surface area contributed by atoms with Crippen LogP contribution in [0.25, 0.3) is 22.0 Å². The minimum absolute atomic E-state index is 0.0287. The number of rotatable bonds is 2. The molecule has 0 aliphatic carbocycles. The summed E-state index contributed by atoms with van der Waals surface area (Å²) in [6.45, 7) is 2.22. The molecule has 0 spiro atoms. The van der Waals surface area contributed by atoms with Crippen molar-refractivity contribution in [3.05, 3.63) is 40.3 Å². The minimum atomic E-state index is -0.0287. The number of hydrogen-bond donors (Lipinski definition) is 2. The van der Waals surface area contributed by atoms with Gasteiger partial charge in [0.15, 0.2) is 0 Å². The number of halogens is 2. The first-order valence-corrected chi connectivity index (χ1v) is 8.07. The SMILES string of the molecule is CC(=O)NC1Cc2c(-c3cn[nH]c3)c3ccc(Cl)c(Cl)c3n2C1. The van der Waals surface area contributed by atoms with Crippen LogP contribution in [-0.2, 0) is 17.8 Å². The van der Waals surface area contributed by atoms with E-state index in [1.165, 1.54) is 6.92 Å². The third kappa shape index (κ3) is 2.23. The Bertz CT molecular complexity index is 914. The Balaban J connectivity index is 1.96. The Labute approximate surface area is 142 Å². The molecule has 1 atom stereocenters. The molecule has 3 heterocycles. The van der Waals surface area contributed by atoms with Crippen LogP contribution < -0.4 is 5.32 Å². The van der Waals surface area contributed by atoms with Gasteiger partial charge >= 0.3 is 0 Å². The van der Waals surface area contributed by atoms with Crippen molar-refractivity contribution in [3.8, 4) is 11.1 Å². The molecule has 0 radical (unpaired) electrons. The van der Waals surface area contributed by atoms with E-state index >= 15 is 0 Å². The zero-order valence-electron chi connectivity index (χ0n) is 12.4. The summed E-state index contributed by atoms with van der Waals surface area (Å²) in [5.74, 6) is -0.0287. The normalized spacial score (nSPS) is 16.7. The number of H-pyrrole nitrogens is 1. The summed E-state index contributed by atoms with van der Waals surface area (Å²) in [7, 11) is 0. The van der Waals surface area contributed by atoms with Crippen LogP contribution in [0.15, 0.2) is 24.5 Å². The Kier molecular flexibility index (Phi) is 3.36. The Morgan fingerprint density at radius 1 is 1.43 bits per heavy atom. The van der Waals surface area contributed by atoms with Gasteiger partial charge in [0.2, 0.25) is 5.91 Å². The van der Waals surface area contributed by atoms with E-state index < -0.39 is 0 Å². The first-order chi connectivity index (χ1) is 11.1. The smallest absolute Gasteiger partial charge is 0.217 e. The topological polar surface area (TPSA) is 62.7 Å². The van der Waals surface area contributed by atoms with Gasteiger partial charge in [-0.2, -0.15) is 5.10 Å². The van der Waals surface area contributed by atoms with Gasteiger partial charge < -0.3 is 9.88 Å². The van der Waals surface area contributed by atoms with Crippen molar-refractivity contribution in [1.29, 1.82) is 0 Å². The first kappa shape index (κ1) is 14.6. The third-order valence-corrected chi connectivity index (χ3v) is 5.05. The molecule has 23 heavy (non-hydrogen) atoms. The van der Waals surface area contributed by atoms with Crippen molar-refractivity contribution in [1.82, 2.24) is 20.1 Å². The van der Waals surface area contributed by atoms with E-state index in [0.717, 1.165) is 34.1 Å². The summed E-state index contributed by atoms with van der Waals surface area (Å²) in [4.78, 5) is 11.4. The Hall–Kier alpha value is -1.98. The highest BCUT2D eigenvalue weighted by molar-refractivity contribution is 6.45. The van der Waals surface area contributed by atoms with E-state index in [-0.39, 0.29) is 11.9 Å². The average molecular weight is 349 g/mol. The second kappa shape index (κ2) is 5.28. The van der Waals surface area contributed by atoms with Crippen molar-refractivity contribution in [2.75, 3.05) is 0 Å². The van der Waals surface area contributed by atoms with E-state index in [4.69, 9.17) is 23.2 Å². The number of amides is 1. The van der Waals surface area contributed by atoms with Crippen LogP contribution in [0.2, 0.25) is 10.0 Å². The summed E-state index contributed by atoms with van der Waals surface area (Å²) in [5, 5.41) is 12.0. The van der Waals surface area contributed by atoms with Crippen molar-refractivity contribution < 1.29 is 4.79 Å². The quantitative estimate of drug-likeness (QED) is 0.745. The zero-order valence-corrected chi connectivity index (χ0v) is 13.9. The molecule has 2 aromatic heterocycles. The predicted octanol–water partition coefficient (Wildman–Crippen LogP) is 3.40. The van der Waals surface area contributed by atoms with Gasteiger partial charge in [0.05, 0.1) is 27.8 Å². The maximum Gasteiger partial charge on any atom is 0.217 e. The van der Waals surface area contributed by atoms with Gasteiger partial charge in [-0.3, -0.25) is 9.89 Å². The van der Waals surface area contributed by atoms with Crippen LogP contribution in [-0.4, -0.2) is 26.7 Å². The summed E-state index contributed by atoms with van der Waals surface area (Å²) < 4.78 is 2.16. The number of hydrogen-bond acceptors (Lipinski definition) is 2. The summed E-state index contributed by atoms with van der Waals surface area (Å²) in [6, 6.07) is 3.87. The Morgan fingerprint density at radius 2 is 2.26 bits per heavy atom. The molecule has 1 amide bonds. The van der Waals surface area contributed by atoms with Crippen LogP contribution in [0.1, 0.15) is 12.6 Å². The molecular formula is C16H14Cl2N4O. The second-order valence-corrected chi connectivity index (χ2v) is 6.56. The lowest BCUT2D eigenvalue weighted by Crippen LogP contribution is -2.34. The lowest BCUT2D eigenvalue weighted by atomic mass is 10.0. The lowest BCUT2D eigenvalue weighted by Gasteiger charge is -2.11. The van der Waals surface area contributed by atoms with Gasteiger partial charge in [-0.1, -0.05) is 29.3 Å². The van der Waals surface area contributed by atoms with E-state index in [2.05, 4.69) is 20.1 Å². The molecule has 0 saturated carbocycles. The fraction of sp³-hybridized carbons (Fsp3) is 0.250. The maximum atomic E-state index is 11.4. The molecule has 0 saturated heterocycles. The molecule has 1 aromatic carbocycles. The maximum absolute atomic E-state index is 11.4. The van der Waals surface area contributed by atoms with Gasteiger partial charge in [-0.15, -0.1) is 0 Å². The molecular weight excluding hydrogens is 335 g/mol. The standard InChI is InChI=1S/C16H14Cl2N4O/c1-8(23)21-10-4-13-14(9-5-19-20-6-9)11-2-3-12(17)15(18)16(11)22(13)7-10/h2-3,5-6,10H,4,7H2,1H3,(H,19,20)(H,21,23). The highest BCUT2D eigenvalue weighted by Crippen LogP contribution is 2.42. The van der Waals surface area contributed by atoms with E-state index in [9.17, 15) is 4.79 Å². The van der Waals surface area contributed by atoms with Gasteiger partial charge in [-0.25, -0.2) is 0 Å². The van der Waals surface area contributed by atoms with Gasteiger partial charge in [-0.05, 0) is 6.07 Å². The second-order valence-electron chi connectivity index (χ2n) is 5.78. The number of carbonyl (C=O) groups is 1. The molecule has 4 rings (SSSR count). The third-order valence-electron chi connectivity index (χ3n) is 4.26. The molecule has 2 N–H and O–H groups in total. The molecule has 7 heteroatoms. The summed E-state index contributed by atoms with van der Waals surface area (Å²) in [6.07, 6.45) is 4.41. The van der Waals surface area contributed by atoms with Crippen LogP contribution in [0.3, 0.4) is 0 Å². The number of aromatic amines is 1. The molecule has 1 unspecified atom stereocenters. The fourth-order valence-corrected chi connectivity index (χ4v) is 3.88. The molecule has 5 nitrogen and oxygen atoms in total. The molecule has 0 fully saturated rings. The number of carbonyl (C=O) groups excluding carboxylic acids is 1. The fourth-order valence-electron chi connectivity index (χ4n) is 3.46. The largest absolute Gasteiger partial charge is 0.351 e. The minimum Gasteiger partial charge on any atom is -0.351 e. The van der Waals surface area contributed by atoms with Crippen molar-refractivity contribution in [3.63, 3.8) is 0 Å². The van der Waals surface area contributed by atoms with Crippen molar-refractivity contribution >= 4 is 40.0 Å². The van der Waals surface area contributed by atoms with Gasteiger partial charge in [0.1, 0.15) is 0 Å². The number of nitrogens with zero attached hydrogens (tertiary/aromatic N) is 2. The lowest BCUT2D eigenvalue weighted by molar-refractivity contribution is -0.119. The van der Waals surface area contributed by atoms with Crippen LogP contribution >= 0.6 is 23.2 Å². The monoisotopic (exact) mass is 348 g/mol.